The molecule has 2 rings (SSSR count). The van der Waals surface area contributed by atoms with Gasteiger partial charge in [0, 0.05) is 11.4 Å². The van der Waals surface area contributed by atoms with Gasteiger partial charge < -0.3 is 5.43 Å². The molecule has 1 heterocycles. The van der Waals surface area contributed by atoms with Gasteiger partial charge in [-0.2, -0.15) is 10.4 Å². The minimum absolute atomic E-state index is 0.456. The van der Waals surface area contributed by atoms with Crippen LogP contribution in [-0.4, -0.2) is 17.2 Å². The smallest absolute Gasteiger partial charge is 0.152 e. The van der Waals surface area contributed by atoms with Crippen LogP contribution in [0.4, 0.5) is 0 Å². The molecule has 0 bridgehead atoms. The summed E-state index contributed by atoms with van der Waals surface area (Å²) in [5.74, 6) is 0. The van der Waals surface area contributed by atoms with Crippen LogP contribution in [0.15, 0.2) is 10.5 Å². The summed E-state index contributed by atoms with van der Waals surface area (Å²) in [6.45, 7) is 0. The molecule has 1 aromatic rings. The Hall–Kier alpha value is -1.41. The normalized spacial score (nSPS) is 15.9. The first kappa shape index (κ1) is 8.20. The quantitative estimate of drug-likeness (QED) is 0.576. The molecule has 0 amide bonds. The molecule has 5 heteroatoms. The number of hydrogen-bond donors (Lipinski definition) is 1. The third kappa shape index (κ3) is 2.26. The van der Waals surface area contributed by atoms with Gasteiger partial charge in [-0.1, -0.05) is 0 Å². The lowest BCUT2D eigenvalue weighted by Gasteiger charge is -1.90. The summed E-state index contributed by atoms with van der Waals surface area (Å²) in [5, 5.41) is 15.0. The Morgan fingerprint density at radius 1 is 1.77 bits per heavy atom. The fraction of sp³-hybridized carbons (Fsp3) is 0.375. The first-order valence-electron chi connectivity index (χ1n) is 4.02. The summed E-state index contributed by atoms with van der Waals surface area (Å²) in [5.41, 5.74) is 3.44. The Balaban J connectivity index is 1.92. The molecule has 1 N–H and O–H groups in total. The highest BCUT2D eigenvalue weighted by atomic mass is 32.1. The van der Waals surface area contributed by atoms with Crippen LogP contribution in [0.1, 0.15) is 23.5 Å². The van der Waals surface area contributed by atoms with Crippen LogP contribution in [0.2, 0.25) is 0 Å². The number of rotatable bonds is 3. The Morgan fingerprint density at radius 2 is 2.62 bits per heavy atom. The van der Waals surface area contributed by atoms with Crippen molar-refractivity contribution < 1.29 is 0 Å². The SMILES string of the molecule is N#Cc1csc(/C=N/NC2CC2)n1. The van der Waals surface area contributed by atoms with Crippen molar-refractivity contribution in [1.82, 2.24) is 10.4 Å². The standard InChI is InChI=1S/C8H8N4S/c9-3-7-5-13-8(11-7)4-10-12-6-1-2-6/h4-6,12H,1-2H2/b10-4+. The molecule has 66 valence electrons. The van der Waals surface area contributed by atoms with Crippen LogP contribution < -0.4 is 5.43 Å². The van der Waals surface area contributed by atoms with Crippen molar-refractivity contribution in [3.63, 3.8) is 0 Å². The second kappa shape index (κ2) is 3.54. The number of hydrazone groups is 1. The Kier molecular flexibility index (Phi) is 2.23. The topological polar surface area (TPSA) is 61.1 Å². The first-order valence-corrected chi connectivity index (χ1v) is 4.90. The third-order valence-corrected chi connectivity index (χ3v) is 2.43. The molecule has 0 aliphatic heterocycles. The van der Waals surface area contributed by atoms with Crippen molar-refractivity contribution in [2.24, 2.45) is 5.10 Å². The van der Waals surface area contributed by atoms with E-state index < -0.39 is 0 Å². The van der Waals surface area contributed by atoms with Gasteiger partial charge in [-0.25, -0.2) is 4.98 Å². The molecule has 0 saturated heterocycles. The Morgan fingerprint density at radius 3 is 3.23 bits per heavy atom. The summed E-state index contributed by atoms with van der Waals surface area (Å²) in [6.07, 6.45) is 4.07. The molecule has 0 aromatic carbocycles. The van der Waals surface area contributed by atoms with Crippen LogP contribution >= 0.6 is 11.3 Å². The Bertz CT molecular complexity index is 358. The molecule has 0 unspecified atom stereocenters. The minimum Gasteiger partial charge on any atom is -0.307 e. The molecule has 1 fully saturated rings. The van der Waals surface area contributed by atoms with E-state index >= 15 is 0 Å². The average Bonchev–Trinajstić information content (AvgIpc) is 2.84. The zero-order valence-corrected chi connectivity index (χ0v) is 7.71. The zero-order valence-electron chi connectivity index (χ0n) is 6.90. The number of nitriles is 1. The second-order valence-corrected chi connectivity index (χ2v) is 3.73. The second-order valence-electron chi connectivity index (χ2n) is 2.84. The molecule has 13 heavy (non-hydrogen) atoms. The summed E-state index contributed by atoms with van der Waals surface area (Å²) in [6, 6.07) is 2.54. The molecule has 4 nitrogen and oxygen atoms in total. The van der Waals surface area contributed by atoms with Crippen LogP contribution in [0.25, 0.3) is 0 Å². The van der Waals surface area contributed by atoms with Gasteiger partial charge in [-0.15, -0.1) is 11.3 Å². The fourth-order valence-electron chi connectivity index (χ4n) is 0.809. The lowest BCUT2D eigenvalue weighted by Crippen LogP contribution is -2.07. The van der Waals surface area contributed by atoms with Gasteiger partial charge >= 0.3 is 0 Å². The van der Waals surface area contributed by atoms with Crippen molar-refractivity contribution in [2.75, 3.05) is 0 Å². The van der Waals surface area contributed by atoms with Gasteiger partial charge in [0.2, 0.25) is 0 Å². The van der Waals surface area contributed by atoms with E-state index in [0.29, 0.717) is 11.7 Å². The minimum atomic E-state index is 0.456. The molecule has 0 spiro atoms. The van der Waals surface area contributed by atoms with Crippen LogP contribution in [-0.2, 0) is 0 Å². The van der Waals surface area contributed by atoms with E-state index in [1.807, 2.05) is 6.07 Å². The van der Waals surface area contributed by atoms with Gasteiger partial charge in [0.05, 0.1) is 6.21 Å². The Labute approximate surface area is 79.9 Å². The average molecular weight is 192 g/mol. The van der Waals surface area contributed by atoms with Gasteiger partial charge in [0.15, 0.2) is 5.69 Å². The zero-order chi connectivity index (χ0) is 9.10. The molecule has 1 aromatic heterocycles. The molecular formula is C8H8N4S. The van der Waals surface area contributed by atoms with Gasteiger partial charge in [-0.05, 0) is 12.8 Å². The maximum atomic E-state index is 8.51. The van der Waals surface area contributed by atoms with E-state index in [-0.39, 0.29) is 0 Å². The van der Waals surface area contributed by atoms with Crippen LogP contribution in [0, 0.1) is 11.3 Å². The maximum Gasteiger partial charge on any atom is 0.152 e. The predicted molar refractivity (Wildman–Crippen MR) is 50.6 cm³/mol. The van der Waals surface area contributed by atoms with E-state index in [9.17, 15) is 0 Å². The maximum absolute atomic E-state index is 8.51. The van der Waals surface area contributed by atoms with Crippen molar-refractivity contribution in [1.29, 1.82) is 5.26 Å². The number of hydrogen-bond acceptors (Lipinski definition) is 5. The lowest BCUT2D eigenvalue weighted by atomic mass is 10.6. The van der Waals surface area contributed by atoms with Crippen molar-refractivity contribution in [3.8, 4) is 6.07 Å². The lowest BCUT2D eigenvalue weighted by molar-refractivity contribution is 0.741. The highest BCUT2D eigenvalue weighted by Crippen LogP contribution is 2.18. The molecule has 0 atom stereocenters. The number of nitrogens with zero attached hydrogens (tertiary/aromatic N) is 3. The third-order valence-electron chi connectivity index (χ3n) is 1.65. The summed E-state index contributed by atoms with van der Waals surface area (Å²) in [4.78, 5) is 4.01. The largest absolute Gasteiger partial charge is 0.307 e. The highest BCUT2D eigenvalue weighted by molar-refractivity contribution is 7.11. The molecule has 1 saturated carbocycles. The van der Waals surface area contributed by atoms with E-state index in [1.54, 1.807) is 11.6 Å². The number of thiazole rings is 1. The monoisotopic (exact) mass is 192 g/mol. The molecule has 1 aliphatic rings. The van der Waals surface area contributed by atoms with Crippen LogP contribution in [0.5, 0.6) is 0 Å². The van der Waals surface area contributed by atoms with Gasteiger partial charge in [-0.3, -0.25) is 0 Å². The van der Waals surface area contributed by atoms with E-state index in [2.05, 4.69) is 15.5 Å². The highest BCUT2D eigenvalue weighted by Gasteiger charge is 2.19. The van der Waals surface area contributed by atoms with E-state index in [4.69, 9.17) is 5.26 Å². The van der Waals surface area contributed by atoms with E-state index in [0.717, 1.165) is 5.01 Å². The first-order chi connectivity index (χ1) is 6.38. The van der Waals surface area contributed by atoms with E-state index in [1.165, 1.54) is 24.2 Å². The van der Waals surface area contributed by atoms with Crippen molar-refractivity contribution in [2.45, 2.75) is 18.9 Å². The summed E-state index contributed by atoms with van der Waals surface area (Å²) in [7, 11) is 0. The van der Waals surface area contributed by atoms with Gasteiger partial charge in [0.25, 0.3) is 0 Å². The number of nitrogens with one attached hydrogen (secondary N) is 1. The van der Waals surface area contributed by atoms with Crippen LogP contribution in [0.3, 0.4) is 0 Å². The summed E-state index contributed by atoms with van der Waals surface area (Å²) < 4.78 is 0. The predicted octanol–water partition coefficient (Wildman–Crippen LogP) is 1.10. The fourth-order valence-corrected chi connectivity index (χ4v) is 1.41. The summed E-state index contributed by atoms with van der Waals surface area (Å²) >= 11 is 1.42. The van der Waals surface area contributed by atoms with Crippen molar-refractivity contribution >= 4 is 17.6 Å². The molecule has 1 aliphatic carbocycles. The van der Waals surface area contributed by atoms with Gasteiger partial charge in [0.1, 0.15) is 11.1 Å². The van der Waals surface area contributed by atoms with Crippen molar-refractivity contribution in [3.05, 3.63) is 16.1 Å². The molecular weight excluding hydrogens is 184 g/mol. The molecule has 0 radical (unpaired) electrons. The number of aromatic nitrogens is 1.